The summed E-state index contributed by atoms with van der Waals surface area (Å²) in [5.41, 5.74) is -1.05. The molecule has 204 valence electrons. The van der Waals surface area contributed by atoms with Gasteiger partial charge in [0.05, 0.1) is 17.5 Å². The third kappa shape index (κ3) is 5.65. The summed E-state index contributed by atoms with van der Waals surface area (Å²) in [4.78, 5) is 18.7. The van der Waals surface area contributed by atoms with Crippen molar-refractivity contribution in [3.8, 4) is 5.75 Å². The molecule has 4 aliphatic carbocycles. The molecule has 37 heavy (non-hydrogen) atoms. The second-order valence-electron chi connectivity index (χ2n) is 11.2. The van der Waals surface area contributed by atoms with Crippen molar-refractivity contribution in [3.05, 3.63) is 24.3 Å². The molecule has 1 aromatic carbocycles. The Morgan fingerprint density at radius 3 is 2.59 bits per heavy atom. The number of carbonyl (C=O) groups is 1. The van der Waals surface area contributed by atoms with E-state index in [1.54, 1.807) is 7.05 Å². The summed E-state index contributed by atoms with van der Waals surface area (Å²) in [6, 6.07) is 4.49. The summed E-state index contributed by atoms with van der Waals surface area (Å²) >= 11 is 0. The SMILES string of the molecule is CN=C[C@@H]1CCCN1C(=O)CNC12CC3CC(C1)CC(NS(=O)(=O)c1cccc(OC(F)(F)F)c1)(C3)C2. The second-order valence-corrected chi connectivity index (χ2v) is 12.9. The third-order valence-electron chi connectivity index (χ3n) is 8.32. The van der Waals surface area contributed by atoms with Gasteiger partial charge in [-0.2, -0.15) is 0 Å². The molecular formula is C25H33F3N4O4S. The van der Waals surface area contributed by atoms with Crippen LogP contribution in [0.3, 0.4) is 0 Å². The number of rotatable bonds is 8. The van der Waals surface area contributed by atoms with Gasteiger partial charge in [-0.3, -0.25) is 9.79 Å². The summed E-state index contributed by atoms with van der Waals surface area (Å²) in [6.45, 7) is 0.892. The van der Waals surface area contributed by atoms with Gasteiger partial charge in [0.25, 0.3) is 0 Å². The molecule has 3 atom stereocenters. The number of likely N-dealkylation sites (tertiary alicyclic amines) is 1. The zero-order chi connectivity index (χ0) is 26.5. The van der Waals surface area contributed by atoms with Crippen molar-refractivity contribution in [2.45, 2.75) is 79.7 Å². The van der Waals surface area contributed by atoms with Crippen LogP contribution in [-0.4, -0.2) is 69.1 Å². The van der Waals surface area contributed by atoms with Crippen LogP contribution < -0.4 is 14.8 Å². The zero-order valence-electron chi connectivity index (χ0n) is 20.8. The molecule has 6 rings (SSSR count). The highest BCUT2D eigenvalue weighted by Gasteiger charge is 2.58. The predicted molar refractivity (Wildman–Crippen MR) is 131 cm³/mol. The Hall–Kier alpha value is -2.18. The van der Waals surface area contributed by atoms with Crippen LogP contribution in [0.5, 0.6) is 5.75 Å². The zero-order valence-corrected chi connectivity index (χ0v) is 21.6. The Bertz CT molecular complexity index is 1160. The molecule has 1 aliphatic heterocycles. The first-order valence-electron chi connectivity index (χ1n) is 12.8. The standard InChI is InChI=1S/C25H33F3N4O4S/c1-29-14-19-4-3-7-32(19)22(33)15-30-23-10-17-8-18(11-23)13-24(12-17,16-23)31-37(34,35)21-6-2-5-20(9-21)36-25(26,27)28/h2,5-6,9,14,17-19,30-31H,3-4,7-8,10-13,15-16H2,1H3/t17?,18?,19-,23?,24?/m0/s1. The van der Waals surface area contributed by atoms with Gasteiger partial charge in [-0.25, -0.2) is 13.1 Å². The monoisotopic (exact) mass is 542 g/mol. The highest BCUT2D eigenvalue weighted by atomic mass is 32.2. The quantitative estimate of drug-likeness (QED) is 0.492. The number of sulfonamides is 1. The van der Waals surface area contributed by atoms with E-state index in [1.807, 2.05) is 11.1 Å². The van der Waals surface area contributed by atoms with Crippen molar-refractivity contribution in [2.75, 3.05) is 20.1 Å². The van der Waals surface area contributed by atoms with E-state index in [-0.39, 0.29) is 28.9 Å². The highest BCUT2D eigenvalue weighted by Crippen LogP contribution is 2.57. The molecule has 0 spiro atoms. The van der Waals surface area contributed by atoms with Crippen molar-refractivity contribution in [1.29, 1.82) is 0 Å². The maximum atomic E-state index is 13.3. The fraction of sp³-hybridized carbons (Fsp3) is 0.680. The average Bonchev–Trinajstić information content (AvgIpc) is 3.24. The number of amides is 1. The van der Waals surface area contributed by atoms with E-state index in [2.05, 4.69) is 19.8 Å². The second kappa shape index (κ2) is 9.53. The van der Waals surface area contributed by atoms with Gasteiger partial charge in [0.15, 0.2) is 0 Å². The maximum Gasteiger partial charge on any atom is 0.573 e. The Morgan fingerprint density at radius 1 is 1.22 bits per heavy atom. The van der Waals surface area contributed by atoms with Crippen LogP contribution in [0.2, 0.25) is 0 Å². The van der Waals surface area contributed by atoms with Crippen LogP contribution >= 0.6 is 0 Å². The molecule has 1 saturated heterocycles. The normalized spacial score (nSPS) is 33.4. The Balaban J connectivity index is 1.31. The third-order valence-corrected chi connectivity index (χ3v) is 9.89. The number of hydrogen-bond donors (Lipinski definition) is 2. The molecule has 12 heteroatoms. The Morgan fingerprint density at radius 2 is 1.92 bits per heavy atom. The maximum absolute atomic E-state index is 13.3. The molecule has 2 N–H and O–H groups in total. The van der Waals surface area contributed by atoms with Gasteiger partial charge in [-0.05, 0) is 75.3 Å². The summed E-state index contributed by atoms with van der Waals surface area (Å²) in [7, 11) is -2.40. The van der Waals surface area contributed by atoms with E-state index < -0.39 is 27.7 Å². The molecule has 0 aromatic heterocycles. The van der Waals surface area contributed by atoms with E-state index in [1.165, 1.54) is 12.1 Å². The highest BCUT2D eigenvalue weighted by molar-refractivity contribution is 7.89. The smallest absolute Gasteiger partial charge is 0.406 e. The largest absolute Gasteiger partial charge is 0.573 e. The van der Waals surface area contributed by atoms with Crippen LogP contribution in [0.15, 0.2) is 34.2 Å². The average molecular weight is 543 g/mol. The van der Waals surface area contributed by atoms with Gasteiger partial charge < -0.3 is 15.0 Å². The van der Waals surface area contributed by atoms with Crippen LogP contribution in [-0.2, 0) is 14.8 Å². The number of carbonyl (C=O) groups excluding carboxylic acids is 1. The number of benzene rings is 1. The minimum absolute atomic E-state index is 0.0194. The molecule has 1 amide bonds. The van der Waals surface area contributed by atoms with Crippen LogP contribution in [0.1, 0.15) is 51.4 Å². The van der Waals surface area contributed by atoms with Gasteiger partial charge in [0.2, 0.25) is 15.9 Å². The number of alkyl halides is 3. The number of nitrogens with one attached hydrogen (secondary N) is 2. The number of hydrogen-bond acceptors (Lipinski definition) is 6. The topological polar surface area (TPSA) is 100 Å². The van der Waals surface area contributed by atoms with Crippen molar-refractivity contribution in [3.63, 3.8) is 0 Å². The number of aliphatic imine (C=N–C) groups is 1. The lowest BCUT2D eigenvalue weighted by molar-refractivity contribution is -0.274. The molecule has 4 saturated carbocycles. The summed E-state index contributed by atoms with van der Waals surface area (Å²) in [5.74, 6) is 0.0801. The van der Waals surface area contributed by atoms with Crippen molar-refractivity contribution in [1.82, 2.24) is 14.9 Å². The molecule has 8 nitrogen and oxygen atoms in total. The Kier molecular flexibility index (Phi) is 6.81. The summed E-state index contributed by atoms with van der Waals surface area (Å²) in [5, 5.41) is 3.54. The van der Waals surface area contributed by atoms with E-state index >= 15 is 0 Å². The van der Waals surface area contributed by atoms with Gasteiger partial charge in [-0.1, -0.05) is 6.07 Å². The lowest BCUT2D eigenvalue weighted by Gasteiger charge is -2.62. The van der Waals surface area contributed by atoms with Gasteiger partial charge >= 0.3 is 6.36 Å². The first-order chi connectivity index (χ1) is 17.4. The van der Waals surface area contributed by atoms with Crippen molar-refractivity contribution in [2.24, 2.45) is 16.8 Å². The molecule has 2 unspecified atom stereocenters. The van der Waals surface area contributed by atoms with E-state index in [4.69, 9.17) is 0 Å². The number of nitrogens with zero attached hydrogens (tertiary/aromatic N) is 2. The minimum Gasteiger partial charge on any atom is -0.406 e. The first kappa shape index (κ1) is 26.4. The van der Waals surface area contributed by atoms with E-state index in [9.17, 15) is 26.4 Å². The number of ether oxygens (including phenoxy) is 1. The van der Waals surface area contributed by atoms with Gasteiger partial charge in [0, 0.05) is 37.0 Å². The van der Waals surface area contributed by atoms with Gasteiger partial charge in [0.1, 0.15) is 5.75 Å². The predicted octanol–water partition coefficient (Wildman–Crippen LogP) is 3.24. The number of halogens is 3. The lowest BCUT2D eigenvalue weighted by atomic mass is 9.50. The Labute approximate surface area is 215 Å². The van der Waals surface area contributed by atoms with Crippen LogP contribution in [0, 0.1) is 11.8 Å². The lowest BCUT2D eigenvalue weighted by Crippen LogP contribution is -2.69. The van der Waals surface area contributed by atoms with Gasteiger partial charge in [-0.15, -0.1) is 13.2 Å². The molecule has 1 aromatic rings. The fourth-order valence-electron chi connectivity index (χ4n) is 7.57. The van der Waals surface area contributed by atoms with Crippen LogP contribution in [0.25, 0.3) is 0 Å². The molecule has 1 heterocycles. The first-order valence-corrected chi connectivity index (χ1v) is 14.2. The molecule has 0 radical (unpaired) electrons. The van der Waals surface area contributed by atoms with Crippen LogP contribution in [0.4, 0.5) is 13.2 Å². The summed E-state index contributed by atoms with van der Waals surface area (Å²) in [6.07, 6.45) is 3.44. The fourth-order valence-corrected chi connectivity index (χ4v) is 9.02. The van der Waals surface area contributed by atoms with Crippen molar-refractivity contribution < 1.29 is 31.1 Å². The molecule has 5 fully saturated rings. The van der Waals surface area contributed by atoms with Crippen molar-refractivity contribution >= 4 is 22.1 Å². The summed E-state index contributed by atoms with van der Waals surface area (Å²) < 4.78 is 71.4. The minimum atomic E-state index is -4.91. The molecule has 4 bridgehead atoms. The molecular weight excluding hydrogens is 509 g/mol. The molecule has 5 aliphatic rings. The van der Waals surface area contributed by atoms with E-state index in [0.29, 0.717) is 37.6 Å². The van der Waals surface area contributed by atoms with E-state index in [0.717, 1.165) is 44.2 Å².